The number of nitrogens with zero attached hydrogens (tertiary/aromatic N) is 2. The molecule has 0 aliphatic heterocycles. The second-order valence-corrected chi connectivity index (χ2v) is 4.78. The highest BCUT2D eigenvalue weighted by molar-refractivity contribution is 5.68. The minimum absolute atomic E-state index is 0.272. The summed E-state index contributed by atoms with van der Waals surface area (Å²) in [5.41, 5.74) is 14.4. The Bertz CT molecular complexity index is 793. The van der Waals surface area contributed by atoms with Gasteiger partial charge in [-0.2, -0.15) is 4.98 Å². The van der Waals surface area contributed by atoms with Gasteiger partial charge in [-0.25, -0.2) is 4.39 Å². The lowest BCUT2D eigenvalue weighted by atomic mass is 10.1. The van der Waals surface area contributed by atoms with Crippen LogP contribution in [0.4, 0.5) is 15.8 Å². The highest BCUT2D eigenvalue weighted by Gasteiger charge is 2.12. The van der Waals surface area contributed by atoms with Crippen molar-refractivity contribution >= 4 is 11.4 Å². The van der Waals surface area contributed by atoms with Crippen molar-refractivity contribution in [2.45, 2.75) is 6.92 Å². The van der Waals surface area contributed by atoms with Gasteiger partial charge in [0.25, 0.3) is 5.89 Å². The van der Waals surface area contributed by atoms with Crippen LogP contribution in [0.15, 0.2) is 40.9 Å². The molecular formula is C15H13FN4O. The molecule has 1 heterocycles. The van der Waals surface area contributed by atoms with Crippen LogP contribution in [0.1, 0.15) is 5.56 Å². The Labute approximate surface area is 120 Å². The van der Waals surface area contributed by atoms with Crippen molar-refractivity contribution in [2.75, 3.05) is 11.5 Å². The molecule has 3 aromatic rings. The van der Waals surface area contributed by atoms with Crippen molar-refractivity contribution in [3.63, 3.8) is 0 Å². The molecule has 0 amide bonds. The molecule has 0 radical (unpaired) electrons. The van der Waals surface area contributed by atoms with Crippen LogP contribution in [0.2, 0.25) is 0 Å². The Morgan fingerprint density at radius 1 is 1.00 bits per heavy atom. The first-order valence-corrected chi connectivity index (χ1v) is 6.29. The van der Waals surface area contributed by atoms with E-state index in [2.05, 4.69) is 10.1 Å². The standard InChI is InChI=1S/C15H13FN4O/c1-8-4-9(2-3-13(8)16)14-19-15(21-20-14)10-5-11(17)7-12(18)6-10/h2-7H,17-18H2,1H3. The van der Waals surface area contributed by atoms with Crippen molar-refractivity contribution in [1.29, 1.82) is 0 Å². The lowest BCUT2D eigenvalue weighted by Gasteiger charge is -2.00. The van der Waals surface area contributed by atoms with Gasteiger partial charge in [0.15, 0.2) is 0 Å². The van der Waals surface area contributed by atoms with Gasteiger partial charge in [0.2, 0.25) is 5.82 Å². The van der Waals surface area contributed by atoms with E-state index in [1.165, 1.54) is 6.07 Å². The maximum atomic E-state index is 13.3. The Hall–Kier alpha value is -2.89. The molecule has 106 valence electrons. The summed E-state index contributed by atoms with van der Waals surface area (Å²) in [6, 6.07) is 9.68. The Balaban J connectivity index is 2.01. The lowest BCUT2D eigenvalue weighted by Crippen LogP contribution is -1.91. The summed E-state index contributed by atoms with van der Waals surface area (Å²) in [6.07, 6.45) is 0. The van der Waals surface area contributed by atoms with E-state index in [0.29, 0.717) is 39.8 Å². The molecule has 2 aromatic carbocycles. The number of rotatable bonds is 2. The third-order valence-corrected chi connectivity index (χ3v) is 3.07. The van der Waals surface area contributed by atoms with Gasteiger partial charge in [-0.05, 0) is 48.9 Å². The average molecular weight is 284 g/mol. The smallest absolute Gasteiger partial charge is 0.258 e. The molecular weight excluding hydrogens is 271 g/mol. The van der Waals surface area contributed by atoms with Crippen molar-refractivity contribution in [3.05, 3.63) is 47.8 Å². The molecule has 5 nitrogen and oxygen atoms in total. The Morgan fingerprint density at radius 3 is 2.38 bits per heavy atom. The fraction of sp³-hybridized carbons (Fsp3) is 0.0667. The van der Waals surface area contributed by atoms with Crippen LogP contribution in [0.25, 0.3) is 22.8 Å². The van der Waals surface area contributed by atoms with E-state index in [-0.39, 0.29) is 5.82 Å². The van der Waals surface area contributed by atoms with Crippen LogP contribution in [-0.2, 0) is 0 Å². The summed E-state index contributed by atoms with van der Waals surface area (Å²) >= 11 is 0. The number of aromatic nitrogens is 2. The third-order valence-electron chi connectivity index (χ3n) is 3.07. The molecule has 0 saturated heterocycles. The van der Waals surface area contributed by atoms with Gasteiger partial charge in [0, 0.05) is 22.5 Å². The molecule has 0 unspecified atom stereocenters. The Morgan fingerprint density at radius 2 is 1.71 bits per heavy atom. The highest BCUT2D eigenvalue weighted by Crippen LogP contribution is 2.26. The molecule has 0 spiro atoms. The molecule has 0 saturated carbocycles. The molecule has 6 heteroatoms. The van der Waals surface area contributed by atoms with Crippen molar-refractivity contribution < 1.29 is 8.91 Å². The summed E-state index contributed by atoms with van der Waals surface area (Å²) in [5.74, 6) is 0.422. The summed E-state index contributed by atoms with van der Waals surface area (Å²) in [7, 11) is 0. The van der Waals surface area contributed by atoms with Crippen LogP contribution in [0.3, 0.4) is 0 Å². The predicted molar refractivity (Wildman–Crippen MR) is 78.7 cm³/mol. The summed E-state index contributed by atoms with van der Waals surface area (Å²) in [6.45, 7) is 1.68. The SMILES string of the molecule is Cc1cc(-c2noc(-c3cc(N)cc(N)c3)n2)ccc1F. The first-order chi connectivity index (χ1) is 10.0. The van der Waals surface area contributed by atoms with Crippen LogP contribution < -0.4 is 11.5 Å². The molecule has 4 N–H and O–H groups in total. The van der Waals surface area contributed by atoms with Gasteiger partial charge in [0.05, 0.1) is 0 Å². The molecule has 3 rings (SSSR count). The van der Waals surface area contributed by atoms with Gasteiger partial charge in [-0.15, -0.1) is 0 Å². The van der Waals surface area contributed by atoms with Crippen molar-refractivity contribution in [1.82, 2.24) is 10.1 Å². The van der Waals surface area contributed by atoms with E-state index in [4.69, 9.17) is 16.0 Å². The van der Waals surface area contributed by atoms with E-state index in [1.807, 2.05) is 0 Å². The second kappa shape index (κ2) is 4.90. The fourth-order valence-corrected chi connectivity index (χ4v) is 2.04. The minimum Gasteiger partial charge on any atom is -0.399 e. The summed E-state index contributed by atoms with van der Waals surface area (Å²) < 4.78 is 18.5. The topological polar surface area (TPSA) is 91.0 Å². The van der Waals surface area contributed by atoms with Gasteiger partial charge in [-0.3, -0.25) is 0 Å². The number of anilines is 2. The van der Waals surface area contributed by atoms with Gasteiger partial charge < -0.3 is 16.0 Å². The average Bonchev–Trinajstić information content (AvgIpc) is 2.90. The predicted octanol–water partition coefficient (Wildman–Crippen LogP) is 3.02. The zero-order valence-corrected chi connectivity index (χ0v) is 11.3. The van der Waals surface area contributed by atoms with E-state index in [0.717, 1.165) is 0 Å². The lowest BCUT2D eigenvalue weighted by molar-refractivity contribution is 0.432. The molecule has 0 aliphatic rings. The largest absolute Gasteiger partial charge is 0.399 e. The highest BCUT2D eigenvalue weighted by atomic mass is 19.1. The molecule has 1 aromatic heterocycles. The number of hydrogen-bond donors (Lipinski definition) is 2. The number of nitrogens with two attached hydrogens (primary N) is 2. The van der Waals surface area contributed by atoms with Crippen LogP contribution in [0.5, 0.6) is 0 Å². The summed E-state index contributed by atoms with van der Waals surface area (Å²) in [4.78, 5) is 4.29. The number of benzene rings is 2. The third kappa shape index (κ3) is 2.55. The van der Waals surface area contributed by atoms with Gasteiger partial charge >= 0.3 is 0 Å². The number of hydrogen-bond acceptors (Lipinski definition) is 5. The van der Waals surface area contributed by atoms with E-state index in [9.17, 15) is 4.39 Å². The van der Waals surface area contributed by atoms with Crippen LogP contribution in [-0.4, -0.2) is 10.1 Å². The first kappa shape index (κ1) is 13.1. The fourth-order valence-electron chi connectivity index (χ4n) is 2.04. The monoisotopic (exact) mass is 284 g/mol. The molecule has 0 fully saturated rings. The quantitative estimate of drug-likeness (QED) is 0.706. The maximum Gasteiger partial charge on any atom is 0.258 e. The van der Waals surface area contributed by atoms with Gasteiger partial charge in [0.1, 0.15) is 5.82 Å². The second-order valence-electron chi connectivity index (χ2n) is 4.78. The Kier molecular flexibility index (Phi) is 3.06. The number of aryl methyl sites for hydroxylation is 1. The van der Waals surface area contributed by atoms with Gasteiger partial charge in [-0.1, -0.05) is 5.16 Å². The maximum absolute atomic E-state index is 13.3. The van der Waals surface area contributed by atoms with E-state index < -0.39 is 0 Å². The summed E-state index contributed by atoms with van der Waals surface area (Å²) in [5, 5.41) is 3.90. The number of halogens is 1. The normalized spacial score (nSPS) is 10.8. The van der Waals surface area contributed by atoms with Crippen molar-refractivity contribution in [3.8, 4) is 22.8 Å². The molecule has 0 aliphatic carbocycles. The van der Waals surface area contributed by atoms with Crippen LogP contribution >= 0.6 is 0 Å². The first-order valence-electron chi connectivity index (χ1n) is 6.29. The van der Waals surface area contributed by atoms with Crippen molar-refractivity contribution in [2.24, 2.45) is 0 Å². The molecule has 0 bridgehead atoms. The zero-order valence-electron chi connectivity index (χ0n) is 11.3. The van der Waals surface area contributed by atoms with E-state index in [1.54, 1.807) is 37.3 Å². The van der Waals surface area contributed by atoms with Crippen LogP contribution in [0, 0.1) is 12.7 Å². The number of nitrogen functional groups attached to an aromatic ring is 2. The van der Waals surface area contributed by atoms with E-state index >= 15 is 0 Å². The minimum atomic E-state index is -0.272. The zero-order chi connectivity index (χ0) is 15.0. The molecule has 21 heavy (non-hydrogen) atoms. The molecule has 0 atom stereocenters.